The fourth-order valence-electron chi connectivity index (χ4n) is 3.66. The number of hydrogen-bond acceptors (Lipinski definition) is 4. The Kier molecular flexibility index (Phi) is 6.45. The normalized spacial score (nSPS) is 23.7. The summed E-state index contributed by atoms with van der Waals surface area (Å²) in [5, 5.41) is 3.55. The summed E-state index contributed by atoms with van der Waals surface area (Å²) in [5.41, 5.74) is 2.50. The van der Waals surface area contributed by atoms with Crippen LogP contribution in [0.1, 0.15) is 36.9 Å². The van der Waals surface area contributed by atoms with Gasteiger partial charge >= 0.3 is 0 Å². The Balaban J connectivity index is 1.51. The van der Waals surface area contributed by atoms with Crippen LogP contribution in [0.3, 0.4) is 0 Å². The van der Waals surface area contributed by atoms with Gasteiger partial charge in [-0.15, -0.1) is 0 Å². The minimum atomic E-state index is -0.0604. The van der Waals surface area contributed by atoms with E-state index >= 15 is 0 Å². The van der Waals surface area contributed by atoms with Gasteiger partial charge in [0.05, 0.1) is 19.3 Å². The van der Waals surface area contributed by atoms with Crippen LogP contribution >= 0.6 is 0 Å². The lowest BCUT2D eigenvalue weighted by Crippen LogP contribution is -2.53. The number of amides is 1. The standard InChI is InChI=1S/C20H31N3O2/c1-16-5-7-18(8-6-16)17(2)21-19-4-3-9-23(20(19)24)11-10-22-12-14-25-15-13-22/h5-8,17,19,21H,3-4,9-15H2,1-2H3/t17-,19-/m0/s1. The second-order valence-corrected chi connectivity index (χ2v) is 7.27. The molecule has 5 heteroatoms. The predicted molar refractivity (Wildman–Crippen MR) is 99.6 cm³/mol. The predicted octanol–water partition coefficient (Wildman–Crippen LogP) is 1.97. The quantitative estimate of drug-likeness (QED) is 0.856. The number of likely N-dealkylation sites (tertiary alicyclic amines) is 1. The van der Waals surface area contributed by atoms with E-state index in [0.29, 0.717) is 0 Å². The second-order valence-electron chi connectivity index (χ2n) is 7.27. The lowest BCUT2D eigenvalue weighted by molar-refractivity contribution is -0.136. The number of piperidine rings is 1. The summed E-state index contributed by atoms with van der Waals surface area (Å²) in [5.74, 6) is 0.262. The molecule has 2 heterocycles. The van der Waals surface area contributed by atoms with E-state index in [4.69, 9.17) is 4.74 Å². The first kappa shape index (κ1) is 18.4. The maximum atomic E-state index is 12.8. The summed E-state index contributed by atoms with van der Waals surface area (Å²) < 4.78 is 5.39. The monoisotopic (exact) mass is 345 g/mol. The van der Waals surface area contributed by atoms with Crippen molar-refractivity contribution in [1.82, 2.24) is 15.1 Å². The van der Waals surface area contributed by atoms with E-state index in [0.717, 1.165) is 58.8 Å². The third-order valence-electron chi connectivity index (χ3n) is 5.35. The van der Waals surface area contributed by atoms with E-state index < -0.39 is 0 Å². The zero-order chi connectivity index (χ0) is 17.6. The number of ether oxygens (including phenoxy) is 1. The zero-order valence-corrected chi connectivity index (χ0v) is 15.5. The molecule has 1 amide bonds. The molecule has 0 aliphatic carbocycles. The van der Waals surface area contributed by atoms with Crippen LogP contribution in [0, 0.1) is 6.92 Å². The van der Waals surface area contributed by atoms with Crippen LogP contribution in [0.15, 0.2) is 24.3 Å². The van der Waals surface area contributed by atoms with Gasteiger partial charge in [0.15, 0.2) is 0 Å². The molecule has 138 valence electrons. The highest BCUT2D eigenvalue weighted by atomic mass is 16.5. The van der Waals surface area contributed by atoms with E-state index in [9.17, 15) is 4.79 Å². The van der Waals surface area contributed by atoms with Gasteiger partial charge in [0.25, 0.3) is 0 Å². The first-order valence-electron chi connectivity index (χ1n) is 9.55. The Labute approximate surface area is 151 Å². The summed E-state index contributed by atoms with van der Waals surface area (Å²) in [6, 6.07) is 8.69. The largest absolute Gasteiger partial charge is 0.379 e. The third kappa shape index (κ3) is 5.03. The zero-order valence-electron chi connectivity index (χ0n) is 15.5. The van der Waals surface area contributed by atoms with Crippen molar-refractivity contribution in [1.29, 1.82) is 0 Å². The molecule has 2 aliphatic rings. The van der Waals surface area contributed by atoms with Gasteiger partial charge in [-0.3, -0.25) is 15.0 Å². The summed E-state index contributed by atoms with van der Waals surface area (Å²) >= 11 is 0. The molecular formula is C20H31N3O2. The van der Waals surface area contributed by atoms with E-state index in [1.54, 1.807) is 0 Å². The Morgan fingerprint density at radius 2 is 1.88 bits per heavy atom. The lowest BCUT2D eigenvalue weighted by atomic mass is 10.0. The smallest absolute Gasteiger partial charge is 0.239 e. The summed E-state index contributed by atoms with van der Waals surface area (Å²) in [4.78, 5) is 17.3. The molecular weight excluding hydrogens is 314 g/mol. The van der Waals surface area contributed by atoms with Crippen molar-refractivity contribution in [2.45, 2.75) is 38.8 Å². The molecule has 0 radical (unpaired) electrons. The Hall–Kier alpha value is -1.43. The van der Waals surface area contributed by atoms with Gasteiger partial charge in [0, 0.05) is 38.8 Å². The molecule has 25 heavy (non-hydrogen) atoms. The first-order valence-corrected chi connectivity index (χ1v) is 9.55. The van der Waals surface area contributed by atoms with Crippen molar-refractivity contribution in [3.63, 3.8) is 0 Å². The number of carbonyl (C=O) groups excluding carboxylic acids is 1. The van der Waals surface area contributed by atoms with E-state index in [1.807, 2.05) is 4.90 Å². The molecule has 2 atom stereocenters. The van der Waals surface area contributed by atoms with Crippen LogP contribution in [0.4, 0.5) is 0 Å². The number of aryl methyl sites for hydroxylation is 1. The fraction of sp³-hybridized carbons (Fsp3) is 0.650. The van der Waals surface area contributed by atoms with Crippen molar-refractivity contribution in [2.24, 2.45) is 0 Å². The van der Waals surface area contributed by atoms with E-state index in [1.165, 1.54) is 11.1 Å². The van der Waals surface area contributed by atoms with Gasteiger partial charge in [-0.05, 0) is 32.3 Å². The number of benzene rings is 1. The molecule has 0 bridgehead atoms. The number of morpholine rings is 1. The van der Waals surface area contributed by atoms with Gasteiger partial charge in [0.1, 0.15) is 0 Å². The highest BCUT2D eigenvalue weighted by molar-refractivity contribution is 5.82. The Morgan fingerprint density at radius 3 is 2.60 bits per heavy atom. The van der Waals surface area contributed by atoms with Crippen LogP contribution in [-0.4, -0.2) is 67.7 Å². The molecule has 2 saturated heterocycles. The molecule has 1 aromatic carbocycles. The molecule has 3 rings (SSSR count). The lowest BCUT2D eigenvalue weighted by Gasteiger charge is -2.36. The van der Waals surface area contributed by atoms with Crippen molar-refractivity contribution in [2.75, 3.05) is 45.9 Å². The highest BCUT2D eigenvalue weighted by Crippen LogP contribution is 2.18. The minimum Gasteiger partial charge on any atom is -0.379 e. The Morgan fingerprint density at radius 1 is 1.16 bits per heavy atom. The molecule has 1 aromatic rings. The number of rotatable bonds is 6. The number of hydrogen-bond donors (Lipinski definition) is 1. The van der Waals surface area contributed by atoms with Crippen molar-refractivity contribution < 1.29 is 9.53 Å². The van der Waals surface area contributed by atoms with Crippen LogP contribution < -0.4 is 5.32 Å². The average Bonchev–Trinajstić information content (AvgIpc) is 2.64. The fourth-order valence-corrected chi connectivity index (χ4v) is 3.66. The summed E-state index contributed by atoms with van der Waals surface area (Å²) in [7, 11) is 0. The molecule has 0 aromatic heterocycles. The molecule has 2 aliphatic heterocycles. The second kappa shape index (κ2) is 8.79. The number of nitrogens with zero attached hydrogens (tertiary/aromatic N) is 2. The van der Waals surface area contributed by atoms with Gasteiger partial charge in [-0.1, -0.05) is 29.8 Å². The summed E-state index contributed by atoms with van der Waals surface area (Å²) in [6.45, 7) is 10.5. The van der Waals surface area contributed by atoms with E-state index in [2.05, 4.69) is 48.3 Å². The maximum Gasteiger partial charge on any atom is 0.239 e. The highest BCUT2D eigenvalue weighted by Gasteiger charge is 2.29. The minimum absolute atomic E-state index is 0.0604. The van der Waals surface area contributed by atoms with Crippen LogP contribution in [0.2, 0.25) is 0 Å². The number of nitrogens with one attached hydrogen (secondary N) is 1. The van der Waals surface area contributed by atoms with Gasteiger partial charge < -0.3 is 9.64 Å². The summed E-state index contributed by atoms with van der Waals surface area (Å²) in [6.07, 6.45) is 2.01. The Bertz CT molecular complexity index is 555. The van der Waals surface area contributed by atoms with Crippen LogP contribution in [0.25, 0.3) is 0 Å². The average molecular weight is 345 g/mol. The topological polar surface area (TPSA) is 44.8 Å². The van der Waals surface area contributed by atoms with Crippen molar-refractivity contribution in [3.05, 3.63) is 35.4 Å². The van der Waals surface area contributed by atoms with Gasteiger partial charge in [-0.2, -0.15) is 0 Å². The van der Waals surface area contributed by atoms with Crippen LogP contribution in [-0.2, 0) is 9.53 Å². The number of carbonyl (C=O) groups is 1. The SMILES string of the molecule is Cc1ccc([C@H](C)N[C@H]2CCCN(CCN3CCOCC3)C2=O)cc1. The third-order valence-corrected chi connectivity index (χ3v) is 5.35. The van der Waals surface area contributed by atoms with Gasteiger partial charge in [0.2, 0.25) is 5.91 Å². The molecule has 1 N–H and O–H groups in total. The maximum absolute atomic E-state index is 12.8. The molecule has 0 unspecified atom stereocenters. The molecule has 0 saturated carbocycles. The first-order chi connectivity index (χ1) is 12.1. The van der Waals surface area contributed by atoms with E-state index in [-0.39, 0.29) is 18.0 Å². The molecule has 5 nitrogen and oxygen atoms in total. The van der Waals surface area contributed by atoms with Crippen molar-refractivity contribution >= 4 is 5.91 Å². The molecule has 0 spiro atoms. The van der Waals surface area contributed by atoms with Crippen molar-refractivity contribution in [3.8, 4) is 0 Å². The van der Waals surface area contributed by atoms with Crippen LogP contribution in [0.5, 0.6) is 0 Å². The molecule has 2 fully saturated rings. The van der Waals surface area contributed by atoms with Gasteiger partial charge in [-0.25, -0.2) is 0 Å².